The zero-order valence-electron chi connectivity index (χ0n) is 12.7. The quantitative estimate of drug-likeness (QED) is 0.912. The second kappa shape index (κ2) is 6.58. The highest BCUT2D eigenvalue weighted by molar-refractivity contribution is 6.31. The predicted octanol–water partition coefficient (Wildman–Crippen LogP) is 3.81. The third kappa shape index (κ3) is 3.27. The number of hydrogen-bond acceptors (Lipinski definition) is 2. The van der Waals surface area contributed by atoms with Gasteiger partial charge in [0.25, 0.3) is 0 Å². The molecule has 0 radical (unpaired) electrons. The summed E-state index contributed by atoms with van der Waals surface area (Å²) >= 11 is 6.40. The maximum absolute atomic E-state index is 13.4. The van der Waals surface area contributed by atoms with Crippen LogP contribution in [0.4, 0.5) is 4.39 Å². The molecule has 1 aromatic heterocycles. The Hall–Kier alpha value is -1.39. The van der Waals surface area contributed by atoms with E-state index in [-0.39, 0.29) is 11.9 Å². The van der Waals surface area contributed by atoms with E-state index in [2.05, 4.69) is 5.10 Å². The molecule has 0 fully saturated rings. The Morgan fingerprint density at radius 3 is 2.71 bits per heavy atom. The summed E-state index contributed by atoms with van der Waals surface area (Å²) in [6.07, 6.45) is 1.33. The molecule has 5 heteroatoms. The number of halogens is 2. The summed E-state index contributed by atoms with van der Waals surface area (Å²) in [4.78, 5) is 0. The van der Waals surface area contributed by atoms with Crippen molar-refractivity contribution in [2.75, 3.05) is 0 Å². The summed E-state index contributed by atoms with van der Waals surface area (Å²) in [5.41, 5.74) is 9.88. The average molecular weight is 310 g/mol. The fourth-order valence-corrected chi connectivity index (χ4v) is 2.89. The molecule has 1 unspecified atom stereocenters. The zero-order valence-corrected chi connectivity index (χ0v) is 13.4. The second-order valence-corrected chi connectivity index (χ2v) is 5.57. The summed E-state index contributed by atoms with van der Waals surface area (Å²) in [6, 6.07) is 4.40. The molecule has 0 bridgehead atoms. The minimum absolute atomic E-state index is 0.268. The van der Waals surface area contributed by atoms with Crippen LogP contribution in [0.2, 0.25) is 5.02 Å². The lowest BCUT2D eigenvalue weighted by atomic mass is 9.98. The molecular weight excluding hydrogens is 289 g/mol. The Bertz CT molecular complexity index is 637. The molecule has 0 amide bonds. The molecule has 2 aromatic rings. The van der Waals surface area contributed by atoms with Gasteiger partial charge in [-0.3, -0.25) is 4.68 Å². The van der Waals surface area contributed by atoms with Crippen LogP contribution in [0.5, 0.6) is 0 Å². The highest BCUT2D eigenvalue weighted by Gasteiger charge is 2.19. The van der Waals surface area contributed by atoms with Crippen LogP contribution in [0, 0.1) is 12.7 Å². The Morgan fingerprint density at radius 1 is 1.38 bits per heavy atom. The Labute approximate surface area is 129 Å². The predicted molar refractivity (Wildman–Crippen MR) is 84.1 cm³/mol. The Kier molecular flexibility index (Phi) is 5.01. The molecule has 0 saturated heterocycles. The van der Waals surface area contributed by atoms with Gasteiger partial charge < -0.3 is 5.73 Å². The SMILES string of the molecule is CCc1nn(CC)c(CC(N)c2cc(F)ccc2C)c1Cl. The van der Waals surface area contributed by atoms with Crippen molar-refractivity contribution in [1.82, 2.24) is 9.78 Å². The number of aromatic nitrogens is 2. The Morgan fingerprint density at radius 2 is 2.10 bits per heavy atom. The van der Waals surface area contributed by atoms with E-state index in [1.165, 1.54) is 12.1 Å². The van der Waals surface area contributed by atoms with Crippen molar-refractivity contribution in [3.8, 4) is 0 Å². The molecule has 1 atom stereocenters. The molecule has 2 rings (SSSR count). The smallest absolute Gasteiger partial charge is 0.123 e. The highest BCUT2D eigenvalue weighted by atomic mass is 35.5. The molecule has 1 aromatic carbocycles. The lowest BCUT2D eigenvalue weighted by Gasteiger charge is -2.16. The molecule has 3 nitrogen and oxygen atoms in total. The number of rotatable bonds is 5. The van der Waals surface area contributed by atoms with Gasteiger partial charge in [0, 0.05) is 19.0 Å². The van der Waals surface area contributed by atoms with Crippen LogP contribution >= 0.6 is 11.6 Å². The van der Waals surface area contributed by atoms with Gasteiger partial charge in [-0.25, -0.2) is 4.39 Å². The first-order valence-electron chi connectivity index (χ1n) is 7.23. The first-order valence-corrected chi connectivity index (χ1v) is 7.61. The first kappa shape index (κ1) is 16.0. The fraction of sp³-hybridized carbons (Fsp3) is 0.438. The van der Waals surface area contributed by atoms with Crippen molar-refractivity contribution in [2.45, 2.75) is 46.2 Å². The van der Waals surface area contributed by atoms with Gasteiger partial charge in [-0.2, -0.15) is 5.10 Å². The third-order valence-corrected chi connectivity index (χ3v) is 4.18. The molecule has 0 aliphatic heterocycles. The first-order chi connectivity index (χ1) is 9.97. The van der Waals surface area contributed by atoms with E-state index in [1.807, 2.05) is 25.5 Å². The molecule has 0 saturated carbocycles. The normalized spacial score (nSPS) is 12.7. The molecule has 114 valence electrons. The fourth-order valence-electron chi connectivity index (χ4n) is 2.54. The van der Waals surface area contributed by atoms with Crippen LogP contribution in [0.15, 0.2) is 18.2 Å². The number of benzene rings is 1. The Balaban J connectivity index is 2.33. The van der Waals surface area contributed by atoms with E-state index >= 15 is 0 Å². The molecular formula is C16H21ClFN3. The van der Waals surface area contributed by atoms with E-state index in [0.29, 0.717) is 11.4 Å². The number of nitrogens with zero attached hydrogens (tertiary/aromatic N) is 2. The number of aryl methyl sites for hydroxylation is 3. The van der Waals surface area contributed by atoms with Crippen LogP contribution in [0.1, 0.15) is 42.4 Å². The van der Waals surface area contributed by atoms with Gasteiger partial charge in [0.1, 0.15) is 5.82 Å². The molecule has 1 heterocycles. The summed E-state index contributed by atoms with van der Waals surface area (Å²) in [6.45, 7) is 6.72. The van der Waals surface area contributed by atoms with Crippen molar-refractivity contribution in [3.05, 3.63) is 51.6 Å². The summed E-state index contributed by atoms with van der Waals surface area (Å²) in [5, 5.41) is 5.17. The molecule has 0 aliphatic carbocycles. The third-order valence-electron chi connectivity index (χ3n) is 3.75. The van der Waals surface area contributed by atoms with Gasteiger partial charge in [-0.1, -0.05) is 24.6 Å². The maximum Gasteiger partial charge on any atom is 0.123 e. The minimum Gasteiger partial charge on any atom is -0.324 e. The van der Waals surface area contributed by atoms with E-state index in [9.17, 15) is 4.39 Å². The summed E-state index contributed by atoms with van der Waals surface area (Å²) < 4.78 is 15.3. The lowest BCUT2D eigenvalue weighted by Crippen LogP contribution is -2.17. The van der Waals surface area contributed by atoms with Crippen LogP contribution in [-0.2, 0) is 19.4 Å². The van der Waals surface area contributed by atoms with Crippen LogP contribution < -0.4 is 5.73 Å². The zero-order chi connectivity index (χ0) is 15.6. The lowest BCUT2D eigenvalue weighted by molar-refractivity contribution is 0.579. The number of hydrogen-bond donors (Lipinski definition) is 1. The van der Waals surface area contributed by atoms with Crippen molar-refractivity contribution in [2.24, 2.45) is 5.73 Å². The van der Waals surface area contributed by atoms with Gasteiger partial charge in [0.05, 0.1) is 16.4 Å². The highest BCUT2D eigenvalue weighted by Crippen LogP contribution is 2.27. The van der Waals surface area contributed by atoms with Crippen LogP contribution in [0.25, 0.3) is 0 Å². The van der Waals surface area contributed by atoms with Crippen molar-refractivity contribution < 1.29 is 4.39 Å². The van der Waals surface area contributed by atoms with Crippen LogP contribution in [0.3, 0.4) is 0 Å². The monoisotopic (exact) mass is 309 g/mol. The molecule has 2 N–H and O–H groups in total. The van der Waals surface area contributed by atoms with Gasteiger partial charge >= 0.3 is 0 Å². The molecule has 0 aliphatic rings. The van der Waals surface area contributed by atoms with Gasteiger partial charge in [-0.15, -0.1) is 0 Å². The van der Waals surface area contributed by atoms with Gasteiger partial charge in [-0.05, 0) is 43.5 Å². The topological polar surface area (TPSA) is 43.8 Å². The second-order valence-electron chi connectivity index (χ2n) is 5.19. The average Bonchev–Trinajstić information content (AvgIpc) is 2.77. The largest absolute Gasteiger partial charge is 0.324 e. The van der Waals surface area contributed by atoms with Gasteiger partial charge in [0.15, 0.2) is 0 Å². The summed E-state index contributed by atoms with van der Waals surface area (Å²) in [7, 11) is 0. The summed E-state index contributed by atoms with van der Waals surface area (Å²) in [5.74, 6) is -0.268. The standard InChI is InChI=1S/C16H21ClFN3/c1-4-14-16(17)15(21(5-2)20-14)9-13(19)12-8-11(18)7-6-10(12)3/h6-8,13H,4-5,9,19H2,1-3H3. The van der Waals surface area contributed by atoms with E-state index < -0.39 is 0 Å². The van der Waals surface area contributed by atoms with Crippen molar-refractivity contribution >= 4 is 11.6 Å². The van der Waals surface area contributed by atoms with E-state index in [1.54, 1.807) is 6.07 Å². The van der Waals surface area contributed by atoms with Gasteiger partial charge in [0.2, 0.25) is 0 Å². The van der Waals surface area contributed by atoms with E-state index in [0.717, 1.165) is 35.5 Å². The van der Waals surface area contributed by atoms with E-state index in [4.69, 9.17) is 17.3 Å². The number of nitrogens with two attached hydrogens (primary N) is 1. The van der Waals surface area contributed by atoms with Crippen molar-refractivity contribution in [1.29, 1.82) is 0 Å². The van der Waals surface area contributed by atoms with Crippen LogP contribution in [-0.4, -0.2) is 9.78 Å². The minimum atomic E-state index is -0.301. The molecule has 21 heavy (non-hydrogen) atoms. The maximum atomic E-state index is 13.4. The molecule has 0 spiro atoms. The van der Waals surface area contributed by atoms with Crippen molar-refractivity contribution in [3.63, 3.8) is 0 Å².